The van der Waals surface area contributed by atoms with Crippen LogP contribution in [0.25, 0.3) is 0 Å². The summed E-state index contributed by atoms with van der Waals surface area (Å²) in [5.41, 5.74) is -0.397. The van der Waals surface area contributed by atoms with Crippen molar-refractivity contribution in [2.75, 3.05) is 17.1 Å². The van der Waals surface area contributed by atoms with Crippen molar-refractivity contribution in [1.82, 2.24) is 0 Å². The number of benzene rings is 1. The summed E-state index contributed by atoms with van der Waals surface area (Å²) in [5, 5.41) is 8.41. The molecule has 21 heavy (non-hydrogen) atoms. The summed E-state index contributed by atoms with van der Waals surface area (Å²) in [6.45, 7) is 1.58. The fourth-order valence-electron chi connectivity index (χ4n) is 1.34. The van der Waals surface area contributed by atoms with Gasteiger partial charge in [0.15, 0.2) is 5.75 Å². The molecule has 116 valence electrons. The third-order valence-electron chi connectivity index (χ3n) is 2.16. The Hall–Kier alpha value is -1.51. The SMILES string of the molecule is CCOC(=O)CS(=O)(=O)Nc1c(Cl)cc(C(=O)O)cc1Cl. The average molecular weight is 356 g/mol. The van der Waals surface area contributed by atoms with Crippen molar-refractivity contribution in [2.24, 2.45) is 0 Å². The number of carbonyl (C=O) groups is 2. The van der Waals surface area contributed by atoms with Crippen LogP contribution < -0.4 is 4.72 Å². The quantitative estimate of drug-likeness (QED) is 0.755. The summed E-state index contributed by atoms with van der Waals surface area (Å²) in [7, 11) is -4.08. The minimum atomic E-state index is -4.08. The molecule has 0 aliphatic carbocycles. The maximum Gasteiger partial charge on any atom is 0.335 e. The van der Waals surface area contributed by atoms with E-state index < -0.39 is 27.7 Å². The van der Waals surface area contributed by atoms with E-state index >= 15 is 0 Å². The average Bonchev–Trinajstić information content (AvgIpc) is 2.32. The monoisotopic (exact) mass is 355 g/mol. The maximum atomic E-state index is 11.8. The van der Waals surface area contributed by atoms with Gasteiger partial charge in [-0.1, -0.05) is 23.2 Å². The van der Waals surface area contributed by atoms with E-state index in [1.54, 1.807) is 0 Å². The Morgan fingerprint density at radius 3 is 2.24 bits per heavy atom. The van der Waals surface area contributed by atoms with Crippen molar-refractivity contribution < 1.29 is 27.9 Å². The van der Waals surface area contributed by atoms with Crippen LogP contribution in [0.1, 0.15) is 17.3 Å². The van der Waals surface area contributed by atoms with E-state index in [4.69, 9.17) is 28.3 Å². The molecule has 0 aliphatic heterocycles. The Balaban J connectivity index is 3.03. The van der Waals surface area contributed by atoms with Gasteiger partial charge >= 0.3 is 11.9 Å². The first kappa shape index (κ1) is 17.5. The molecule has 2 N–H and O–H groups in total. The number of anilines is 1. The van der Waals surface area contributed by atoms with Crippen LogP contribution in [0.3, 0.4) is 0 Å². The summed E-state index contributed by atoms with van der Waals surface area (Å²) in [6.07, 6.45) is 0. The van der Waals surface area contributed by atoms with Gasteiger partial charge < -0.3 is 9.84 Å². The number of carboxylic acids is 1. The molecule has 0 heterocycles. The number of aromatic carboxylic acids is 1. The fourth-order valence-corrected chi connectivity index (χ4v) is 3.03. The van der Waals surface area contributed by atoms with E-state index in [0.717, 1.165) is 12.1 Å². The predicted molar refractivity (Wildman–Crippen MR) is 77.5 cm³/mol. The van der Waals surface area contributed by atoms with Crippen molar-refractivity contribution in [2.45, 2.75) is 6.92 Å². The van der Waals surface area contributed by atoms with Crippen LogP contribution in [0.5, 0.6) is 0 Å². The number of halogens is 2. The van der Waals surface area contributed by atoms with Gasteiger partial charge in [-0.05, 0) is 19.1 Å². The largest absolute Gasteiger partial charge is 0.478 e. The molecule has 0 unspecified atom stereocenters. The number of carbonyl (C=O) groups excluding carboxylic acids is 1. The second kappa shape index (κ2) is 6.97. The molecule has 0 radical (unpaired) electrons. The first-order chi connectivity index (χ1) is 9.66. The minimum absolute atomic E-state index is 0.0448. The number of rotatable bonds is 6. The number of hydrogen-bond donors (Lipinski definition) is 2. The third kappa shape index (κ3) is 5.07. The van der Waals surface area contributed by atoms with Gasteiger partial charge in [-0.2, -0.15) is 0 Å². The molecule has 10 heteroatoms. The summed E-state index contributed by atoms with van der Waals surface area (Å²) < 4.78 is 30.1. The first-order valence-electron chi connectivity index (χ1n) is 5.54. The van der Waals surface area contributed by atoms with E-state index in [2.05, 4.69) is 4.74 Å². The highest BCUT2D eigenvalue weighted by Gasteiger charge is 2.21. The van der Waals surface area contributed by atoms with Gasteiger partial charge in [0.1, 0.15) is 0 Å². The molecule has 0 saturated carbocycles. The molecule has 0 aliphatic rings. The van der Waals surface area contributed by atoms with Gasteiger partial charge in [0, 0.05) is 0 Å². The van der Waals surface area contributed by atoms with Gasteiger partial charge in [-0.3, -0.25) is 9.52 Å². The third-order valence-corrected chi connectivity index (χ3v) is 3.89. The Morgan fingerprint density at radius 1 is 1.29 bits per heavy atom. The van der Waals surface area contributed by atoms with Crippen LogP contribution in [0.2, 0.25) is 10.0 Å². The van der Waals surface area contributed by atoms with Gasteiger partial charge in [0.2, 0.25) is 10.0 Å². The van der Waals surface area contributed by atoms with Crippen molar-refractivity contribution in [1.29, 1.82) is 0 Å². The molecule has 7 nitrogen and oxygen atoms in total. The predicted octanol–water partition coefficient (Wildman–Crippen LogP) is 2.00. The molecule has 0 aromatic heterocycles. The molecule has 0 saturated heterocycles. The molecule has 1 aromatic rings. The van der Waals surface area contributed by atoms with E-state index in [0.29, 0.717) is 0 Å². The number of esters is 1. The molecule has 0 bridgehead atoms. The zero-order valence-corrected chi connectivity index (χ0v) is 13.0. The number of carboxylic acid groups (broad SMARTS) is 1. The topological polar surface area (TPSA) is 110 Å². The molecule has 1 rings (SSSR count). The van der Waals surface area contributed by atoms with E-state index in [1.165, 1.54) is 6.92 Å². The molecule has 0 spiro atoms. The van der Waals surface area contributed by atoms with Crippen LogP contribution in [0, 0.1) is 0 Å². The summed E-state index contributed by atoms with van der Waals surface area (Å²) in [4.78, 5) is 22.0. The summed E-state index contributed by atoms with van der Waals surface area (Å²) in [5.74, 6) is -3.10. The highest BCUT2D eigenvalue weighted by molar-refractivity contribution is 7.93. The number of hydrogen-bond acceptors (Lipinski definition) is 5. The Kier molecular flexibility index (Phi) is 5.82. The van der Waals surface area contributed by atoms with E-state index in [9.17, 15) is 18.0 Å². The standard InChI is InChI=1S/C11H11Cl2NO6S/c1-2-20-9(15)5-21(18,19)14-10-7(12)3-6(11(16)17)4-8(10)13/h3-4,14H,2,5H2,1H3,(H,16,17). The first-order valence-corrected chi connectivity index (χ1v) is 7.95. The Morgan fingerprint density at radius 2 is 1.81 bits per heavy atom. The second-order valence-corrected chi connectivity index (χ2v) is 6.32. The van der Waals surface area contributed by atoms with Gasteiger partial charge in [-0.15, -0.1) is 0 Å². The maximum absolute atomic E-state index is 11.8. The van der Waals surface area contributed by atoms with Crippen LogP contribution in [0.4, 0.5) is 5.69 Å². The van der Waals surface area contributed by atoms with Crippen LogP contribution in [-0.2, 0) is 19.6 Å². The number of ether oxygens (including phenoxy) is 1. The van der Waals surface area contributed by atoms with Gasteiger partial charge in [0.05, 0.1) is 27.9 Å². The Bertz CT molecular complexity index is 650. The molecule has 1 aromatic carbocycles. The lowest BCUT2D eigenvalue weighted by Crippen LogP contribution is -2.24. The lowest BCUT2D eigenvalue weighted by atomic mass is 10.2. The summed E-state index contributed by atoms with van der Waals surface area (Å²) >= 11 is 11.6. The van der Waals surface area contributed by atoms with Crippen LogP contribution >= 0.6 is 23.2 Å². The smallest absolute Gasteiger partial charge is 0.335 e. The van der Waals surface area contributed by atoms with Gasteiger partial charge in [-0.25, -0.2) is 13.2 Å². The Labute approximate surface area is 130 Å². The molecular formula is C11H11Cl2NO6S. The normalized spacial score (nSPS) is 11.0. The zero-order chi connectivity index (χ0) is 16.2. The zero-order valence-electron chi connectivity index (χ0n) is 10.7. The number of nitrogens with one attached hydrogen (secondary N) is 1. The van der Waals surface area contributed by atoms with Crippen molar-refractivity contribution in [3.05, 3.63) is 27.7 Å². The molecule has 0 atom stereocenters. The fraction of sp³-hybridized carbons (Fsp3) is 0.273. The van der Waals surface area contributed by atoms with Crippen molar-refractivity contribution in [3.8, 4) is 0 Å². The molecule has 0 fully saturated rings. The van der Waals surface area contributed by atoms with Gasteiger partial charge in [0.25, 0.3) is 0 Å². The van der Waals surface area contributed by atoms with Crippen LogP contribution in [0.15, 0.2) is 12.1 Å². The van der Waals surface area contributed by atoms with E-state index in [-0.39, 0.29) is 27.9 Å². The highest BCUT2D eigenvalue weighted by atomic mass is 35.5. The molecular weight excluding hydrogens is 345 g/mol. The highest BCUT2D eigenvalue weighted by Crippen LogP contribution is 2.32. The summed E-state index contributed by atoms with van der Waals surface area (Å²) in [6, 6.07) is 2.08. The van der Waals surface area contributed by atoms with Crippen molar-refractivity contribution in [3.63, 3.8) is 0 Å². The van der Waals surface area contributed by atoms with E-state index in [1.807, 2.05) is 4.72 Å². The second-order valence-electron chi connectivity index (χ2n) is 3.79. The van der Waals surface area contributed by atoms with Crippen molar-refractivity contribution >= 4 is 50.9 Å². The minimum Gasteiger partial charge on any atom is -0.478 e. The number of sulfonamides is 1. The lowest BCUT2D eigenvalue weighted by Gasteiger charge is -2.11. The lowest BCUT2D eigenvalue weighted by molar-refractivity contribution is -0.139. The molecule has 0 amide bonds. The van der Waals surface area contributed by atoms with Crippen LogP contribution in [-0.4, -0.2) is 37.8 Å².